The van der Waals surface area contributed by atoms with Crippen LogP contribution in [0.15, 0.2) is 24.3 Å². The Balaban J connectivity index is 2.72. The van der Waals surface area contributed by atoms with Crippen molar-refractivity contribution in [3.63, 3.8) is 0 Å². The largest absolute Gasteiger partial charge is 0.508 e. The van der Waals surface area contributed by atoms with Gasteiger partial charge in [-0.3, -0.25) is 0 Å². The van der Waals surface area contributed by atoms with Crippen molar-refractivity contribution < 1.29 is 9.50 Å². The van der Waals surface area contributed by atoms with E-state index in [0.29, 0.717) is 18.5 Å². The van der Waals surface area contributed by atoms with Gasteiger partial charge in [0.05, 0.1) is 0 Å². The minimum atomic E-state index is -1.34. The number of phenols is 1. The van der Waals surface area contributed by atoms with E-state index in [9.17, 15) is 4.39 Å². The molecule has 84 valence electrons. The highest BCUT2D eigenvalue weighted by molar-refractivity contribution is 5.29. The molecule has 1 atom stereocenters. The van der Waals surface area contributed by atoms with Crippen molar-refractivity contribution in [2.75, 3.05) is 20.6 Å². The summed E-state index contributed by atoms with van der Waals surface area (Å²) in [5, 5.41) is 9.11. The molecular formula is C12H18FNO. The monoisotopic (exact) mass is 211 g/mol. The number of alkyl halides is 1. The minimum Gasteiger partial charge on any atom is -0.508 e. The first-order valence-electron chi connectivity index (χ1n) is 5.05. The van der Waals surface area contributed by atoms with Crippen LogP contribution in [-0.2, 0) is 5.67 Å². The summed E-state index contributed by atoms with van der Waals surface area (Å²) >= 11 is 0. The van der Waals surface area contributed by atoms with Crippen LogP contribution < -0.4 is 0 Å². The van der Waals surface area contributed by atoms with Crippen molar-refractivity contribution in [3.05, 3.63) is 29.8 Å². The van der Waals surface area contributed by atoms with Gasteiger partial charge in [-0.05, 0) is 45.1 Å². The second-order valence-corrected chi connectivity index (χ2v) is 4.30. The van der Waals surface area contributed by atoms with Crippen LogP contribution in [0.5, 0.6) is 5.75 Å². The average Bonchev–Trinajstić information content (AvgIpc) is 2.16. The van der Waals surface area contributed by atoms with Crippen molar-refractivity contribution in [1.29, 1.82) is 0 Å². The van der Waals surface area contributed by atoms with Crippen LogP contribution in [0.4, 0.5) is 4.39 Å². The molecule has 0 aliphatic carbocycles. The maximum Gasteiger partial charge on any atom is 0.134 e. The highest BCUT2D eigenvalue weighted by Gasteiger charge is 2.25. The van der Waals surface area contributed by atoms with Crippen molar-refractivity contribution in [1.82, 2.24) is 4.90 Å². The third-order valence-electron chi connectivity index (χ3n) is 2.50. The molecule has 1 aromatic rings. The van der Waals surface area contributed by atoms with Crippen LogP contribution in [0.2, 0.25) is 0 Å². The van der Waals surface area contributed by atoms with Gasteiger partial charge >= 0.3 is 0 Å². The van der Waals surface area contributed by atoms with Crippen molar-refractivity contribution in [3.8, 4) is 5.75 Å². The van der Waals surface area contributed by atoms with Gasteiger partial charge in [0.25, 0.3) is 0 Å². The molecule has 0 saturated carbocycles. The molecule has 3 heteroatoms. The van der Waals surface area contributed by atoms with E-state index < -0.39 is 5.67 Å². The quantitative estimate of drug-likeness (QED) is 0.827. The summed E-state index contributed by atoms with van der Waals surface area (Å²) in [5.41, 5.74) is -0.722. The number of halogens is 1. The Morgan fingerprint density at radius 3 is 2.27 bits per heavy atom. The van der Waals surface area contributed by atoms with E-state index in [-0.39, 0.29) is 5.75 Å². The van der Waals surface area contributed by atoms with Crippen LogP contribution in [-0.4, -0.2) is 30.6 Å². The lowest BCUT2D eigenvalue weighted by atomic mass is 9.94. The van der Waals surface area contributed by atoms with E-state index in [2.05, 4.69) is 0 Å². The van der Waals surface area contributed by atoms with E-state index in [1.54, 1.807) is 19.1 Å². The Bertz CT molecular complexity index is 306. The van der Waals surface area contributed by atoms with Crippen LogP contribution in [0.3, 0.4) is 0 Å². The van der Waals surface area contributed by atoms with Crippen LogP contribution in [0.1, 0.15) is 18.9 Å². The van der Waals surface area contributed by atoms with Gasteiger partial charge < -0.3 is 10.0 Å². The molecule has 1 rings (SSSR count). The van der Waals surface area contributed by atoms with Gasteiger partial charge in [0, 0.05) is 6.54 Å². The standard InChI is InChI=1S/C12H18FNO/c1-12(13,8-9-14(2)3)10-4-6-11(15)7-5-10/h4-7,15H,8-9H2,1-3H3. The van der Waals surface area contributed by atoms with Crippen LogP contribution in [0.25, 0.3) is 0 Å². The smallest absolute Gasteiger partial charge is 0.134 e. The summed E-state index contributed by atoms with van der Waals surface area (Å²) in [7, 11) is 3.85. The number of aromatic hydroxyl groups is 1. The zero-order chi connectivity index (χ0) is 11.5. The van der Waals surface area contributed by atoms with Gasteiger partial charge in [-0.2, -0.15) is 0 Å². The van der Waals surface area contributed by atoms with Gasteiger partial charge in [0.2, 0.25) is 0 Å². The van der Waals surface area contributed by atoms with Gasteiger partial charge in [0.15, 0.2) is 0 Å². The molecule has 0 aliphatic heterocycles. The number of benzene rings is 1. The molecule has 0 amide bonds. The van der Waals surface area contributed by atoms with Crippen molar-refractivity contribution >= 4 is 0 Å². The van der Waals surface area contributed by atoms with Crippen molar-refractivity contribution in [2.45, 2.75) is 19.0 Å². The van der Waals surface area contributed by atoms with Gasteiger partial charge in [0.1, 0.15) is 11.4 Å². The molecule has 0 heterocycles. The molecule has 0 aromatic heterocycles. The van der Waals surface area contributed by atoms with Gasteiger partial charge in [-0.15, -0.1) is 0 Å². The lowest BCUT2D eigenvalue weighted by Crippen LogP contribution is -2.23. The molecule has 15 heavy (non-hydrogen) atoms. The van der Waals surface area contributed by atoms with E-state index in [0.717, 1.165) is 0 Å². The predicted molar refractivity (Wildman–Crippen MR) is 59.7 cm³/mol. The molecule has 1 unspecified atom stereocenters. The van der Waals surface area contributed by atoms with Crippen LogP contribution >= 0.6 is 0 Å². The first-order valence-corrected chi connectivity index (χ1v) is 5.05. The molecule has 0 aliphatic rings. The number of phenolic OH excluding ortho intramolecular Hbond substituents is 1. The Labute approximate surface area is 90.3 Å². The van der Waals surface area contributed by atoms with E-state index >= 15 is 0 Å². The molecule has 0 fully saturated rings. The fourth-order valence-corrected chi connectivity index (χ4v) is 1.39. The molecule has 0 bridgehead atoms. The summed E-state index contributed by atoms with van der Waals surface area (Å²) in [4.78, 5) is 1.96. The Kier molecular flexibility index (Phi) is 3.69. The summed E-state index contributed by atoms with van der Waals surface area (Å²) in [6.45, 7) is 2.27. The average molecular weight is 211 g/mol. The van der Waals surface area contributed by atoms with Crippen LogP contribution in [0, 0.1) is 0 Å². The van der Waals surface area contributed by atoms with Crippen molar-refractivity contribution in [2.24, 2.45) is 0 Å². The number of hydrogen-bond donors (Lipinski definition) is 1. The highest BCUT2D eigenvalue weighted by Crippen LogP contribution is 2.30. The van der Waals surface area contributed by atoms with E-state index in [1.165, 1.54) is 12.1 Å². The fraction of sp³-hybridized carbons (Fsp3) is 0.500. The molecule has 0 radical (unpaired) electrons. The lowest BCUT2D eigenvalue weighted by molar-refractivity contribution is 0.158. The Hall–Kier alpha value is -1.09. The molecular weight excluding hydrogens is 193 g/mol. The third-order valence-corrected chi connectivity index (χ3v) is 2.50. The minimum absolute atomic E-state index is 0.169. The summed E-state index contributed by atoms with van der Waals surface area (Å²) in [6, 6.07) is 6.29. The summed E-state index contributed by atoms with van der Waals surface area (Å²) in [5.74, 6) is 0.169. The van der Waals surface area contributed by atoms with E-state index in [4.69, 9.17) is 5.11 Å². The maximum atomic E-state index is 14.2. The highest BCUT2D eigenvalue weighted by atomic mass is 19.1. The third kappa shape index (κ3) is 3.51. The first-order chi connectivity index (χ1) is 6.92. The first kappa shape index (κ1) is 12.0. The summed E-state index contributed by atoms with van der Waals surface area (Å²) < 4.78 is 14.2. The molecule has 0 spiro atoms. The number of rotatable bonds is 4. The normalized spacial score (nSPS) is 15.3. The van der Waals surface area contributed by atoms with Gasteiger partial charge in [-0.1, -0.05) is 12.1 Å². The molecule has 1 aromatic carbocycles. The Morgan fingerprint density at radius 1 is 1.27 bits per heavy atom. The number of hydrogen-bond acceptors (Lipinski definition) is 2. The zero-order valence-electron chi connectivity index (χ0n) is 9.50. The topological polar surface area (TPSA) is 23.5 Å². The lowest BCUT2D eigenvalue weighted by Gasteiger charge is -2.22. The second-order valence-electron chi connectivity index (χ2n) is 4.30. The second kappa shape index (κ2) is 4.62. The van der Waals surface area contributed by atoms with E-state index in [1.807, 2.05) is 19.0 Å². The summed E-state index contributed by atoms with van der Waals surface area (Å²) in [6.07, 6.45) is 0.449. The fourth-order valence-electron chi connectivity index (χ4n) is 1.39. The predicted octanol–water partition coefficient (Wildman–Crippen LogP) is 2.53. The SMILES string of the molecule is CN(C)CCC(C)(F)c1ccc(O)cc1. The Morgan fingerprint density at radius 2 is 1.80 bits per heavy atom. The maximum absolute atomic E-state index is 14.2. The molecule has 1 N–H and O–H groups in total. The molecule has 0 saturated heterocycles. The molecule has 2 nitrogen and oxygen atoms in total. The number of nitrogens with zero attached hydrogens (tertiary/aromatic N) is 1. The van der Waals surface area contributed by atoms with Gasteiger partial charge in [-0.25, -0.2) is 4.39 Å². The zero-order valence-corrected chi connectivity index (χ0v) is 9.50.